The Bertz CT molecular complexity index is 905. The van der Waals surface area contributed by atoms with Gasteiger partial charge in [0.25, 0.3) is 5.56 Å². The van der Waals surface area contributed by atoms with E-state index < -0.39 is 0 Å². The number of benzene rings is 1. The van der Waals surface area contributed by atoms with E-state index in [4.69, 9.17) is 11.6 Å². The molecule has 2 N–H and O–H groups in total. The highest BCUT2D eigenvalue weighted by molar-refractivity contribution is 7.98. The van der Waals surface area contributed by atoms with Crippen LogP contribution in [0, 0.1) is 6.92 Å². The van der Waals surface area contributed by atoms with E-state index in [0.717, 1.165) is 17.6 Å². The summed E-state index contributed by atoms with van der Waals surface area (Å²) in [4.78, 5) is 27.5. The molecule has 0 bridgehead atoms. The van der Waals surface area contributed by atoms with Crippen molar-refractivity contribution >= 4 is 34.8 Å². The number of aromatic nitrogens is 1. The highest BCUT2D eigenvalue weighted by Crippen LogP contribution is 2.28. The lowest BCUT2D eigenvalue weighted by atomic mass is 9.97. The highest BCUT2D eigenvalue weighted by Gasteiger charge is 2.20. The third-order valence-electron chi connectivity index (χ3n) is 4.25. The quantitative estimate of drug-likeness (QED) is 0.801. The number of rotatable bonds is 4. The Morgan fingerprint density at radius 2 is 2.08 bits per heavy atom. The molecule has 3 rings (SSSR count). The summed E-state index contributed by atoms with van der Waals surface area (Å²) in [7, 11) is 0. The third-order valence-corrected chi connectivity index (χ3v) is 5.45. The summed E-state index contributed by atoms with van der Waals surface area (Å²) in [6.45, 7) is 2.06. The van der Waals surface area contributed by atoms with E-state index in [2.05, 4.69) is 29.4 Å². The van der Waals surface area contributed by atoms with E-state index in [1.807, 2.05) is 18.4 Å². The molecule has 6 heteroatoms. The van der Waals surface area contributed by atoms with Gasteiger partial charge in [-0.25, -0.2) is 0 Å². The van der Waals surface area contributed by atoms with Crippen LogP contribution >= 0.6 is 23.4 Å². The lowest BCUT2D eigenvalue weighted by Crippen LogP contribution is -2.23. The first-order valence-electron chi connectivity index (χ1n) is 8.03. The molecule has 0 radical (unpaired) electrons. The maximum atomic E-state index is 11.9. The van der Waals surface area contributed by atoms with Crippen molar-refractivity contribution in [2.45, 2.75) is 30.7 Å². The van der Waals surface area contributed by atoms with E-state index in [0.29, 0.717) is 12.1 Å². The van der Waals surface area contributed by atoms with Crippen molar-refractivity contribution in [3.63, 3.8) is 0 Å². The predicted octanol–water partition coefficient (Wildman–Crippen LogP) is 3.77. The number of aromatic amines is 1. The van der Waals surface area contributed by atoms with Crippen molar-refractivity contribution in [1.29, 1.82) is 0 Å². The summed E-state index contributed by atoms with van der Waals surface area (Å²) < 4.78 is 0. The molecule has 1 aromatic heterocycles. The van der Waals surface area contributed by atoms with Gasteiger partial charge >= 0.3 is 0 Å². The summed E-state index contributed by atoms with van der Waals surface area (Å²) >= 11 is 7.56. The lowest BCUT2D eigenvalue weighted by molar-refractivity contribution is -0.119. The van der Waals surface area contributed by atoms with Gasteiger partial charge in [-0.1, -0.05) is 29.8 Å². The van der Waals surface area contributed by atoms with Gasteiger partial charge in [0.05, 0.1) is 0 Å². The molecule has 0 saturated carbocycles. The van der Waals surface area contributed by atoms with Gasteiger partial charge in [0.2, 0.25) is 5.91 Å². The summed E-state index contributed by atoms with van der Waals surface area (Å²) in [5, 5.41) is 3.11. The molecule has 0 unspecified atom stereocenters. The van der Waals surface area contributed by atoms with E-state index >= 15 is 0 Å². The van der Waals surface area contributed by atoms with Gasteiger partial charge in [0.1, 0.15) is 5.02 Å². The van der Waals surface area contributed by atoms with Gasteiger partial charge in [0, 0.05) is 28.6 Å². The van der Waals surface area contributed by atoms with E-state index in [-0.39, 0.29) is 22.5 Å². The van der Waals surface area contributed by atoms with Crippen LogP contribution in [0.15, 0.2) is 46.1 Å². The van der Waals surface area contributed by atoms with E-state index in [1.165, 1.54) is 10.5 Å². The Morgan fingerprint density at radius 3 is 2.68 bits per heavy atom. The van der Waals surface area contributed by atoms with Crippen LogP contribution in [0.25, 0.3) is 5.57 Å². The zero-order valence-electron chi connectivity index (χ0n) is 14.1. The summed E-state index contributed by atoms with van der Waals surface area (Å²) in [5.41, 5.74) is 3.42. The molecule has 1 fully saturated rings. The molecule has 1 amide bonds. The second kappa shape index (κ2) is 7.50. The Balaban J connectivity index is 2.09. The smallest absolute Gasteiger partial charge is 0.267 e. The number of nitrogens with one attached hydrogen (secondary N) is 2. The number of hydrogen-bond donors (Lipinski definition) is 2. The first-order chi connectivity index (χ1) is 12.0. The predicted molar refractivity (Wildman–Crippen MR) is 103 cm³/mol. The van der Waals surface area contributed by atoms with Crippen molar-refractivity contribution in [3.8, 4) is 0 Å². The second-order valence-corrected chi connectivity index (χ2v) is 7.28. The van der Waals surface area contributed by atoms with Crippen molar-refractivity contribution in [2.24, 2.45) is 0 Å². The third kappa shape index (κ3) is 3.99. The summed E-state index contributed by atoms with van der Waals surface area (Å²) in [6, 6.07) is 9.56. The van der Waals surface area contributed by atoms with Gasteiger partial charge in [-0.15, -0.1) is 11.8 Å². The summed E-state index contributed by atoms with van der Waals surface area (Å²) in [6.07, 6.45) is 5.33. The number of pyridine rings is 1. The summed E-state index contributed by atoms with van der Waals surface area (Å²) in [5.74, 6) is 0.0547. The molecule has 1 aromatic carbocycles. The molecule has 4 nitrogen and oxygen atoms in total. The first kappa shape index (κ1) is 17.8. The minimum Gasteiger partial charge on any atom is -0.350 e. The molecule has 1 aliphatic heterocycles. The first-order valence-corrected chi connectivity index (χ1v) is 9.63. The van der Waals surface area contributed by atoms with Gasteiger partial charge in [-0.05, 0) is 48.9 Å². The lowest BCUT2D eigenvalue weighted by Gasteiger charge is -2.14. The minimum absolute atomic E-state index is 0.0396. The van der Waals surface area contributed by atoms with Crippen molar-refractivity contribution in [3.05, 3.63) is 68.6 Å². The Kier molecular flexibility index (Phi) is 5.35. The Hall–Kier alpha value is -1.98. The fraction of sp³-hybridized carbons (Fsp3) is 0.263. The molecule has 1 atom stereocenters. The van der Waals surface area contributed by atoms with Crippen molar-refractivity contribution in [1.82, 2.24) is 10.3 Å². The number of thioether (sulfide) groups is 1. The van der Waals surface area contributed by atoms with Gasteiger partial charge < -0.3 is 10.3 Å². The molecule has 0 spiro atoms. The number of halogens is 1. The molecule has 130 valence electrons. The van der Waals surface area contributed by atoms with E-state index in [9.17, 15) is 9.59 Å². The van der Waals surface area contributed by atoms with Crippen LogP contribution in [-0.4, -0.2) is 23.2 Å². The zero-order valence-corrected chi connectivity index (χ0v) is 15.6. The van der Waals surface area contributed by atoms with Crippen molar-refractivity contribution in [2.75, 3.05) is 6.26 Å². The fourth-order valence-electron chi connectivity index (χ4n) is 2.96. The number of carbonyl (C=O) groups excluding carboxylic acids is 1. The molecule has 2 heterocycles. The van der Waals surface area contributed by atoms with Crippen molar-refractivity contribution < 1.29 is 4.79 Å². The normalized spacial score (nSPS) is 17.6. The number of carbonyl (C=O) groups is 1. The number of H-pyrrole nitrogens is 1. The molecule has 1 aliphatic rings. The topological polar surface area (TPSA) is 62.0 Å². The van der Waals surface area contributed by atoms with Crippen LogP contribution in [0.1, 0.15) is 29.7 Å². The molecule has 2 aromatic rings. The number of amides is 1. The monoisotopic (exact) mass is 374 g/mol. The van der Waals surface area contributed by atoms with Crippen LogP contribution in [-0.2, 0) is 4.79 Å². The molecule has 25 heavy (non-hydrogen) atoms. The number of hydrogen-bond acceptors (Lipinski definition) is 3. The van der Waals surface area contributed by atoms with Crippen LogP contribution in [0.4, 0.5) is 0 Å². The Morgan fingerprint density at radius 1 is 1.28 bits per heavy atom. The van der Waals surface area contributed by atoms with E-state index in [1.54, 1.807) is 23.9 Å². The standard InChI is InChI=1S/C19H19ClN2O2S/c1-11-9-12(3-7-17(11)25-2)14(10-13-4-8-18(23)21-13)16-6-5-15(20)19(24)22-16/h3,5-7,9-10,13H,4,8H2,1-2H3,(H,21,23)(H,22,24)/b14-10+/t13-/m1/s1. The minimum atomic E-state index is -0.321. The Labute approximate surface area is 155 Å². The van der Waals surface area contributed by atoms with Gasteiger partial charge in [-0.2, -0.15) is 0 Å². The van der Waals surface area contributed by atoms with Gasteiger partial charge in [0.15, 0.2) is 0 Å². The largest absolute Gasteiger partial charge is 0.350 e. The van der Waals surface area contributed by atoms with Crippen LogP contribution in [0.5, 0.6) is 0 Å². The van der Waals surface area contributed by atoms with Gasteiger partial charge in [-0.3, -0.25) is 9.59 Å². The number of aryl methyl sites for hydroxylation is 1. The fourth-order valence-corrected chi connectivity index (χ4v) is 3.66. The maximum absolute atomic E-state index is 11.9. The molecule has 0 aliphatic carbocycles. The molecule has 1 saturated heterocycles. The average molecular weight is 375 g/mol. The zero-order chi connectivity index (χ0) is 18.0. The maximum Gasteiger partial charge on any atom is 0.267 e. The SMILES string of the molecule is CSc1ccc(/C(=C\[C@H]2CCC(=O)N2)c2ccc(Cl)c(=O)[nH]2)cc1C. The van der Waals surface area contributed by atoms with Crippen LogP contribution in [0.2, 0.25) is 5.02 Å². The van der Waals surface area contributed by atoms with Crippen LogP contribution < -0.4 is 10.9 Å². The molecular weight excluding hydrogens is 356 g/mol. The van der Waals surface area contributed by atoms with Crippen LogP contribution in [0.3, 0.4) is 0 Å². The second-order valence-electron chi connectivity index (χ2n) is 6.03. The average Bonchev–Trinajstić information content (AvgIpc) is 3.00. The molecular formula is C19H19ClN2O2S. The highest BCUT2D eigenvalue weighted by atomic mass is 35.5.